The van der Waals surface area contributed by atoms with Crippen LogP contribution in [0.5, 0.6) is 11.5 Å². The molecule has 9 heteroatoms. The third-order valence-corrected chi connectivity index (χ3v) is 4.84. The molecule has 0 heterocycles. The minimum Gasteiger partial charge on any atom is -0.496 e. The molecule has 1 amide bonds. The number of nitrogens with zero attached hydrogens (tertiary/aromatic N) is 1. The summed E-state index contributed by atoms with van der Waals surface area (Å²) in [5.41, 5.74) is 0.965. The van der Waals surface area contributed by atoms with E-state index < -0.39 is 15.9 Å². The van der Waals surface area contributed by atoms with Crippen LogP contribution in [0.2, 0.25) is 0 Å². The number of rotatable bonds is 9. The molecular formula is C19H25N3O5S. The zero-order valence-electron chi connectivity index (χ0n) is 16.1. The molecular weight excluding hydrogens is 382 g/mol. The Labute approximate surface area is 165 Å². The van der Waals surface area contributed by atoms with E-state index in [1.807, 2.05) is 43.3 Å². The molecule has 152 valence electrons. The van der Waals surface area contributed by atoms with E-state index >= 15 is 0 Å². The molecule has 28 heavy (non-hydrogen) atoms. The maximum atomic E-state index is 12.5. The SMILES string of the molecule is COc1ccc(S(N)(=O)=O)cc1C(=O)NCc1ccc(OCCN(C)C)cc1. The highest BCUT2D eigenvalue weighted by Crippen LogP contribution is 2.22. The Bertz CT molecular complexity index is 912. The van der Waals surface area contributed by atoms with Crippen molar-refractivity contribution in [3.05, 3.63) is 53.6 Å². The van der Waals surface area contributed by atoms with Gasteiger partial charge in [0, 0.05) is 13.1 Å². The molecule has 0 aliphatic rings. The predicted octanol–water partition coefficient (Wildman–Crippen LogP) is 1.21. The maximum absolute atomic E-state index is 12.5. The second-order valence-electron chi connectivity index (χ2n) is 6.39. The summed E-state index contributed by atoms with van der Waals surface area (Å²) in [6.07, 6.45) is 0. The van der Waals surface area contributed by atoms with E-state index in [2.05, 4.69) is 5.32 Å². The van der Waals surface area contributed by atoms with Crippen LogP contribution in [-0.2, 0) is 16.6 Å². The van der Waals surface area contributed by atoms with E-state index in [4.69, 9.17) is 14.6 Å². The number of primary sulfonamides is 1. The Morgan fingerprint density at radius 1 is 1.14 bits per heavy atom. The number of methoxy groups -OCH3 is 1. The molecule has 0 bridgehead atoms. The number of benzene rings is 2. The van der Waals surface area contributed by atoms with Gasteiger partial charge in [-0.25, -0.2) is 13.6 Å². The van der Waals surface area contributed by atoms with Crippen LogP contribution >= 0.6 is 0 Å². The fraction of sp³-hybridized carbons (Fsp3) is 0.316. The van der Waals surface area contributed by atoms with Gasteiger partial charge in [-0.15, -0.1) is 0 Å². The number of amides is 1. The molecule has 2 aromatic rings. The van der Waals surface area contributed by atoms with E-state index in [1.54, 1.807) is 0 Å². The summed E-state index contributed by atoms with van der Waals surface area (Å²) in [6.45, 7) is 1.67. The second-order valence-corrected chi connectivity index (χ2v) is 7.95. The molecule has 0 radical (unpaired) electrons. The molecule has 0 fully saturated rings. The minimum absolute atomic E-state index is 0.0951. The van der Waals surface area contributed by atoms with E-state index in [9.17, 15) is 13.2 Å². The highest BCUT2D eigenvalue weighted by Gasteiger charge is 2.17. The van der Waals surface area contributed by atoms with Gasteiger partial charge in [-0.2, -0.15) is 0 Å². The molecule has 8 nitrogen and oxygen atoms in total. The number of likely N-dealkylation sites (N-methyl/N-ethyl adjacent to an activating group) is 1. The summed E-state index contributed by atoms with van der Waals surface area (Å²) in [5, 5.41) is 7.88. The Morgan fingerprint density at radius 3 is 2.39 bits per heavy atom. The summed E-state index contributed by atoms with van der Waals surface area (Å²) in [4.78, 5) is 14.4. The van der Waals surface area contributed by atoms with Crippen LogP contribution in [0, 0.1) is 0 Å². The van der Waals surface area contributed by atoms with Gasteiger partial charge in [0.25, 0.3) is 5.91 Å². The molecule has 0 aromatic heterocycles. The number of nitrogens with one attached hydrogen (secondary N) is 1. The van der Waals surface area contributed by atoms with Crippen LogP contribution < -0.4 is 19.9 Å². The van der Waals surface area contributed by atoms with Crippen LogP contribution in [0.15, 0.2) is 47.4 Å². The number of nitrogens with two attached hydrogens (primary N) is 1. The molecule has 3 N–H and O–H groups in total. The van der Waals surface area contributed by atoms with Crippen molar-refractivity contribution in [2.45, 2.75) is 11.4 Å². The predicted molar refractivity (Wildman–Crippen MR) is 106 cm³/mol. The summed E-state index contributed by atoms with van der Waals surface area (Å²) >= 11 is 0. The van der Waals surface area contributed by atoms with Gasteiger partial charge in [-0.05, 0) is 50.0 Å². The van der Waals surface area contributed by atoms with Crippen LogP contribution in [0.1, 0.15) is 15.9 Å². The molecule has 0 saturated heterocycles. The average Bonchev–Trinajstić information content (AvgIpc) is 2.65. The Balaban J connectivity index is 2.02. The van der Waals surface area contributed by atoms with Gasteiger partial charge in [0.2, 0.25) is 10.0 Å². The fourth-order valence-electron chi connectivity index (χ4n) is 2.37. The van der Waals surface area contributed by atoms with Crippen molar-refractivity contribution >= 4 is 15.9 Å². The highest BCUT2D eigenvalue weighted by molar-refractivity contribution is 7.89. The van der Waals surface area contributed by atoms with Gasteiger partial charge >= 0.3 is 0 Å². The largest absolute Gasteiger partial charge is 0.496 e. The first-order valence-corrected chi connectivity index (χ1v) is 10.1. The number of carbonyl (C=O) groups is 1. The number of ether oxygens (including phenoxy) is 2. The molecule has 0 aliphatic carbocycles. The Kier molecular flexibility index (Phi) is 7.38. The first-order valence-electron chi connectivity index (χ1n) is 8.56. The molecule has 0 atom stereocenters. The molecule has 0 saturated carbocycles. The molecule has 0 spiro atoms. The third kappa shape index (κ3) is 6.22. The van der Waals surface area contributed by atoms with Crippen LogP contribution in [0.3, 0.4) is 0 Å². The average molecular weight is 407 g/mol. The van der Waals surface area contributed by atoms with E-state index in [0.717, 1.165) is 17.9 Å². The van der Waals surface area contributed by atoms with Crippen LogP contribution in [-0.4, -0.2) is 53.6 Å². The standard InChI is InChI=1S/C19H25N3O5S/c1-22(2)10-11-27-15-6-4-14(5-7-15)13-21-19(23)17-12-16(28(20,24)25)8-9-18(17)26-3/h4-9,12H,10-11,13H2,1-3H3,(H,21,23)(H2,20,24,25). The smallest absolute Gasteiger partial charge is 0.255 e. The van der Waals surface area contributed by atoms with Crippen molar-refractivity contribution in [1.82, 2.24) is 10.2 Å². The van der Waals surface area contributed by atoms with E-state index in [0.29, 0.717) is 6.61 Å². The van der Waals surface area contributed by atoms with Crippen molar-refractivity contribution < 1.29 is 22.7 Å². The highest BCUT2D eigenvalue weighted by atomic mass is 32.2. The lowest BCUT2D eigenvalue weighted by Gasteiger charge is -2.12. The van der Waals surface area contributed by atoms with Crippen LogP contribution in [0.4, 0.5) is 0 Å². The number of sulfonamides is 1. The first-order chi connectivity index (χ1) is 13.2. The number of hydrogen-bond acceptors (Lipinski definition) is 6. The minimum atomic E-state index is -3.92. The lowest BCUT2D eigenvalue weighted by molar-refractivity contribution is 0.0947. The topological polar surface area (TPSA) is 111 Å². The Morgan fingerprint density at radius 2 is 1.82 bits per heavy atom. The monoisotopic (exact) mass is 407 g/mol. The fourth-order valence-corrected chi connectivity index (χ4v) is 2.91. The maximum Gasteiger partial charge on any atom is 0.255 e. The third-order valence-electron chi connectivity index (χ3n) is 3.93. The lowest BCUT2D eigenvalue weighted by atomic mass is 10.1. The first kappa shape index (κ1) is 21.7. The molecule has 2 aromatic carbocycles. The Hall–Kier alpha value is -2.62. The number of hydrogen-bond donors (Lipinski definition) is 2. The van der Waals surface area contributed by atoms with Gasteiger partial charge in [0.05, 0.1) is 17.6 Å². The van der Waals surface area contributed by atoms with Gasteiger partial charge in [-0.1, -0.05) is 12.1 Å². The van der Waals surface area contributed by atoms with Gasteiger partial charge < -0.3 is 19.7 Å². The summed E-state index contributed by atoms with van der Waals surface area (Å²) in [7, 11) is 1.43. The van der Waals surface area contributed by atoms with Gasteiger partial charge in [0.15, 0.2) is 0 Å². The van der Waals surface area contributed by atoms with Crippen LogP contribution in [0.25, 0.3) is 0 Å². The zero-order chi connectivity index (χ0) is 20.7. The summed E-state index contributed by atoms with van der Waals surface area (Å²) in [5.74, 6) is 0.544. The molecule has 0 aliphatic heterocycles. The van der Waals surface area contributed by atoms with Crippen molar-refractivity contribution in [1.29, 1.82) is 0 Å². The lowest BCUT2D eigenvalue weighted by Crippen LogP contribution is -2.24. The van der Waals surface area contributed by atoms with Crippen molar-refractivity contribution in [2.75, 3.05) is 34.4 Å². The van der Waals surface area contributed by atoms with E-state index in [1.165, 1.54) is 25.3 Å². The van der Waals surface area contributed by atoms with Crippen molar-refractivity contribution in [3.8, 4) is 11.5 Å². The quantitative estimate of drug-likeness (QED) is 0.646. The van der Waals surface area contributed by atoms with Crippen molar-refractivity contribution in [3.63, 3.8) is 0 Å². The second kappa shape index (κ2) is 9.54. The summed E-state index contributed by atoms with van der Waals surface area (Å²) < 4.78 is 33.8. The zero-order valence-corrected chi connectivity index (χ0v) is 17.0. The van der Waals surface area contributed by atoms with Gasteiger partial charge in [-0.3, -0.25) is 4.79 Å². The van der Waals surface area contributed by atoms with Gasteiger partial charge in [0.1, 0.15) is 18.1 Å². The number of carbonyl (C=O) groups excluding carboxylic acids is 1. The normalized spacial score (nSPS) is 11.3. The molecule has 0 unspecified atom stereocenters. The summed E-state index contributed by atoms with van der Waals surface area (Å²) in [6, 6.07) is 11.3. The van der Waals surface area contributed by atoms with E-state index in [-0.39, 0.29) is 22.8 Å². The van der Waals surface area contributed by atoms with Crippen molar-refractivity contribution in [2.24, 2.45) is 5.14 Å². The molecule has 2 rings (SSSR count).